The van der Waals surface area contributed by atoms with Crippen LogP contribution in [0.25, 0.3) is 11.1 Å². The van der Waals surface area contributed by atoms with Crippen LogP contribution in [0, 0.1) is 20.0 Å². The lowest BCUT2D eigenvalue weighted by Gasteiger charge is -2.04. The number of rotatable bonds is 1. The molecule has 2 rings (SSSR count). The molecular formula is C13H12N. The van der Waals surface area contributed by atoms with Crippen molar-refractivity contribution in [1.82, 2.24) is 4.98 Å². The standard InChI is InChI=1S/C13H12N/c1-10-3-4-13(9-11(10)2)12-5-7-14-8-6-12/h3-7,9H,1-2H3. The van der Waals surface area contributed by atoms with E-state index < -0.39 is 0 Å². The number of aryl methyl sites for hydroxylation is 2. The van der Waals surface area contributed by atoms with Gasteiger partial charge in [0.25, 0.3) is 0 Å². The van der Waals surface area contributed by atoms with E-state index in [1.807, 2.05) is 12.1 Å². The van der Waals surface area contributed by atoms with Gasteiger partial charge in [0.15, 0.2) is 0 Å². The van der Waals surface area contributed by atoms with E-state index in [4.69, 9.17) is 0 Å². The third-order valence-electron chi connectivity index (χ3n) is 2.46. The third-order valence-corrected chi connectivity index (χ3v) is 2.46. The summed E-state index contributed by atoms with van der Waals surface area (Å²) in [6.07, 6.45) is 4.61. The summed E-state index contributed by atoms with van der Waals surface area (Å²) in [6, 6.07) is 10.4. The van der Waals surface area contributed by atoms with Gasteiger partial charge in [0.1, 0.15) is 0 Å². The summed E-state index contributed by atoms with van der Waals surface area (Å²) in [5.41, 5.74) is 5.04. The van der Waals surface area contributed by atoms with Gasteiger partial charge in [-0.05, 0) is 48.2 Å². The van der Waals surface area contributed by atoms with E-state index in [2.05, 4.69) is 43.2 Å². The molecule has 2 aromatic rings. The minimum Gasteiger partial charge on any atom is -0.255 e. The molecule has 0 amide bonds. The largest absolute Gasteiger partial charge is 0.255 e. The van der Waals surface area contributed by atoms with Crippen LogP contribution in [0.15, 0.2) is 36.5 Å². The molecule has 1 heterocycles. The van der Waals surface area contributed by atoms with E-state index in [9.17, 15) is 0 Å². The van der Waals surface area contributed by atoms with E-state index in [0.717, 1.165) is 0 Å². The molecule has 0 aliphatic rings. The highest BCUT2D eigenvalue weighted by molar-refractivity contribution is 5.63. The maximum Gasteiger partial charge on any atom is 0.0892 e. The van der Waals surface area contributed by atoms with Gasteiger partial charge in [0.2, 0.25) is 0 Å². The van der Waals surface area contributed by atoms with Crippen molar-refractivity contribution in [2.75, 3.05) is 0 Å². The van der Waals surface area contributed by atoms with Crippen LogP contribution >= 0.6 is 0 Å². The summed E-state index contributed by atoms with van der Waals surface area (Å²) in [5, 5.41) is 0. The van der Waals surface area contributed by atoms with E-state index >= 15 is 0 Å². The molecule has 0 N–H and O–H groups in total. The summed E-state index contributed by atoms with van der Waals surface area (Å²) in [6.45, 7) is 4.25. The van der Waals surface area contributed by atoms with Gasteiger partial charge in [-0.25, -0.2) is 0 Å². The SMILES string of the molecule is Cc1ccc(-c2c[c]ncc2)cc1C. The molecule has 0 aliphatic carbocycles. The minimum atomic E-state index is 1.17. The molecule has 0 spiro atoms. The second-order valence-electron chi connectivity index (χ2n) is 3.47. The number of pyridine rings is 1. The highest BCUT2D eigenvalue weighted by Gasteiger charge is 1.98. The van der Waals surface area contributed by atoms with Crippen LogP contribution in [0.2, 0.25) is 0 Å². The number of nitrogens with zero attached hydrogens (tertiary/aromatic N) is 1. The van der Waals surface area contributed by atoms with Crippen molar-refractivity contribution < 1.29 is 0 Å². The average Bonchev–Trinajstić information content (AvgIpc) is 2.23. The normalized spacial score (nSPS) is 10.1. The predicted molar refractivity (Wildman–Crippen MR) is 58.0 cm³/mol. The summed E-state index contributed by atoms with van der Waals surface area (Å²) < 4.78 is 0. The van der Waals surface area contributed by atoms with Crippen molar-refractivity contribution in [2.24, 2.45) is 0 Å². The first-order valence-electron chi connectivity index (χ1n) is 4.67. The number of hydrogen-bond donors (Lipinski definition) is 0. The fourth-order valence-corrected chi connectivity index (χ4v) is 1.42. The molecule has 69 valence electrons. The number of hydrogen-bond acceptors (Lipinski definition) is 1. The summed E-state index contributed by atoms with van der Waals surface area (Å²) >= 11 is 0. The van der Waals surface area contributed by atoms with Gasteiger partial charge < -0.3 is 0 Å². The number of aromatic nitrogens is 1. The first-order valence-corrected chi connectivity index (χ1v) is 4.67. The lowest BCUT2D eigenvalue weighted by molar-refractivity contribution is 1.30. The Morgan fingerprint density at radius 3 is 2.50 bits per heavy atom. The lowest BCUT2D eigenvalue weighted by Crippen LogP contribution is -1.83. The molecule has 1 radical (unpaired) electrons. The van der Waals surface area contributed by atoms with E-state index in [0.29, 0.717) is 0 Å². The summed E-state index contributed by atoms with van der Waals surface area (Å²) in [5.74, 6) is 0. The van der Waals surface area contributed by atoms with Crippen molar-refractivity contribution in [2.45, 2.75) is 13.8 Å². The molecule has 1 nitrogen and oxygen atoms in total. The van der Waals surface area contributed by atoms with Gasteiger partial charge in [0.05, 0.1) is 6.20 Å². The second-order valence-corrected chi connectivity index (χ2v) is 3.47. The summed E-state index contributed by atoms with van der Waals surface area (Å²) in [4.78, 5) is 3.89. The van der Waals surface area contributed by atoms with Crippen molar-refractivity contribution in [3.05, 3.63) is 53.9 Å². The second kappa shape index (κ2) is 3.62. The Hall–Kier alpha value is -1.63. The average molecular weight is 182 g/mol. The Labute approximate surface area is 84.4 Å². The molecule has 0 fully saturated rings. The monoisotopic (exact) mass is 182 g/mol. The fourth-order valence-electron chi connectivity index (χ4n) is 1.42. The smallest absolute Gasteiger partial charge is 0.0892 e. The van der Waals surface area contributed by atoms with Crippen molar-refractivity contribution in [3.8, 4) is 11.1 Å². The zero-order valence-electron chi connectivity index (χ0n) is 8.41. The Morgan fingerprint density at radius 1 is 1.00 bits per heavy atom. The molecule has 1 aromatic heterocycles. The zero-order chi connectivity index (χ0) is 9.97. The van der Waals surface area contributed by atoms with Gasteiger partial charge in [-0.1, -0.05) is 18.2 Å². The molecule has 0 saturated carbocycles. The highest BCUT2D eigenvalue weighted by atomic mass is 14.6. The van der Waals surface area contributed by atoms with Crippen LogP contribution in [0.1, 0.15) is 11.1 Å². The highest BCUT2D eigenvalue weighted by Crippen LogP contribution is 2.20. The maximum atomic E-state index is 3.89. The quantitative estimate of drug-likeness (QED) is 0.660. The van der Waals surface area contributed by atoms with Gasteiger partial charge in [-0.3, -0.25) is 4.98 Å². The Bertz CT molecular complexity index is 432. The minimum absolute atomic E-state index is 1.17. The van der Waals surface area contributed by atoms with E-state index in [1.54, 1.807) is 6.20 Å². The van der Waals surface area contributed by atoms with Gasteiger partial charge in [-0.2, -0.15) is 0 Å². The van der Waals surface area contributed by atoms with Crippen LogP contribution < -0.4 is 0 Å². The predicted octanol–water partition coefficient (Wildman–Crippen LogP) is 3.17. The fraction of sp³-hybridized carbons (Fsp3) is 0.154. The van der Waals surface area contributed by atoms with Crippen LogP contribution in [0.4, 0.5) is 0 Å². The topological polar surface area (TPSA) is 12.9 Å². The van der Waals surface area contributed by atoms with Crippen LogP contribution in [-0.4, -0.2) is 4.98 Å². The molecular weight excluding hydrogens is 170 g/mol. The molecule has 0 aliphatic heterocycles. The lowest BCUT2D eigenvalue weighted by atomic mass is 10.0. The molecule has 0 bridgehead atoms. The number of benzene rings is 1. The van der Waals surface area contributed by atoms with E-state index in [-0.39, 0.29) is 0 Å². The molecule has 0 unspecified atom stereocenters. The first kappa shape index (κ1) is 8.95. The molecule has 14 heavy (non-hydrogen) atoms. The van der Waals surface area contributed by atoms with Crippen molar-refractivity contribution in [1.29, 1.82) is 0 Å². The molecule has 1 aromatic carbocycles. The molecule has 0 atom stereocenters. The van der Waals surface area contributed by atoms with Crippen LogP contribution in [-0.2, 0) is 0 Å². The summed E-state index contributed by atoms with van der Waals surface area (Å²) in [7, 11) is 0. The van der Waals surface area contributed by atoms with Crippen LogP contribution in [0.3, 0.4) is 0 Å². The Morgan fingerprint density at radius 2 is 1.86 bits per heavy atom. The maximum absolute atomic E-state index is 3.89. The first-order chi connectivity index (χ1) is 6.77. The zero-order valence-corrected chi connectivity index (χ0v) is 8.41. The van der Waals surface area contributed by atoms with Gasteiger partial charge in [-0.15, -0.1) is 0 Å². The van der Waals surface area contributed by atoms with E-state index in [1.165, 1.54) is 22.3 Å². The van der Waals surface area contributed by atoms with Crippen molar-refractivity contribution in [3.63, 3.8) is 0 Å². The third kappa shape index (κ3) is 1.67. The van der Waals surface area contributed by atoms with Crippen molar-refractivity contribution >= 4 is 0 Å². The Balaban J connectivity index is 2.48. The molecule has 0 saturated heterocycles. The van der Waals surface area contributed by atoms with Gasteiger partial charge >= 0.3 is 0 Å². The van der Waals surface area contributed by atoms with Gasteiger partial charge in [0, 0.05) is 6.20 Å². The van der Waals surface area contributed by atoms with Crippen LogP contribution in [0.5, 0.6) is 0 Å². The molecule has 1 heteroatoms. The Kier molecular flexibility index (Phi) is 2.32.